The molecule has 1 aliphatic rings. The zero-order valence-corrected chi connectivity index (χ0v) is 11.9. The van der Waals surface area contributed by atoms with Crippen LogP contribution in [0.1, 0.15) is 5.56 Å². The molecule has 0 saturated carbocycles. The minimum absolute atomic E-state index is 0.578. The maximum Gasteiger partial charge on any atom is 0.0378 e. The average Bonchev–Trinajstić information content (AvgIpc) is 2.33. The third kappa shape index (κ3) is 2.73. The number of thioether (sulfide) groups is 1. The highest BCUT2D eigenvalue weighted by Crippen LogP contribution is 2.27. The van der Waals surface area contributed by atoms with Crippen LogP contribution in [-0.2, 0) is 0 Å². The van der Waals surface area contributed by atoms with Crippen molar-refractivity contribution >= 4 is 33.4 Å². The first kappa shape index (κ1) is 12.3. The van der Waals surface area contributed by atoms with E-state index in [4.69, 9.17) is 5.73 Å². The summed E-state index contributed by atoms with van der Waals surface area (Å²) in [6.07, 6.45) is 0. The molecule has 2 rings (SSSR count). The van der Waals surface area contributed by atoms with Crippen molar-refractivity contribution in [2.75, 3.05) is 30.3 Å². The zero-order chi connectivity index (χ0) is 11.5. The number of hydrogen-bond acceptors (Lipinski definition) is 3. The van der Waals surface area contributed by atoms with Crippen LogP contribution in [0.2, 0.25) is 0 Å². The van der Waals surface area contributed by atoms with Crippen molar-refractivity contribution in [3.63, 3.8) is 0 Å². The number of benzene rings is 1. The molecule has 1 atom stereocenters. The normalized spacial score (nSPS) is 21.2. The highest BCUT2D eigenvalue weighted by atomic mass is 79.9. The minimum Gasteiger partial charge on any atom is -0.370 e. The van der Waals surface area contributed by atoms with Crippen LogP contribution in [0, 0.1) is 6.92 Å². The predicted octanol–water partition coefficient (Wildman–Crippen LogP) is 2.64. The van der Waals surface area contributed by atoms with Gasteiger partial charge >= 0.3 is 0 Å². The Morgan fingerprint density at radius 1 is 1.56 bits per heavy atom. The topological polar surface area (TPSA) is 29.3 Å². The lowest BCUT2D eigenvalue weighted by Gasteiger charge is -2.33. The molecule has 4 heteroatoms. The van der Waals surface area contributed by atoms with Crippen molar-refractivity contribution < 1.29 is 0 Å². The van der Waals surface area contributed by atoms with Gasteiger partial charge in [0.2, 0.25) is 0 Å². The third-order valence-electron chi connectivity index (χ3n) is 2.92. The number of hydrogen-bond donors (Lipinski definition) is 1. The second-order valence-corrected chi connectivity index (χ2v) is 6.37. The van der Waals surface area contributed by atoms with Crippen molar-refractivity contribution in [1.82, 2.24) is 0 Å². The molecule has 1 aromatic rings. The number of halogens is 1. The van der Waals surface area contributed by atoms with E-state index in [1.54, 1.807) is 0 Å². The summed E-state index contributed by atoms with van der Waals surface area (Å²) in [5.41, 5.74) is 8.33. The van der Waals surface area contributed by atoms with Gasteiger partial charge < -0.3 is 10.6 Å². The van der Waals surface area contributed by atoms with E-state index in [2.05, 4.69) is 46.0 Å². The van der Waals surface area contributed by atoms with E-state index in [-0.39, 0.29) is 0 Å². The Bertz CT molecular complexity index is 370. The van der Waals surface area contributed by atoms with Gasteiger partial charge in [0.1, 0.15) is 0 Å². The van der Waals surface area contributed by atoms with Crippen LogP contribution in [0.5, 0.6) is 0 Å². The van der Waals surface area contributed by atoms with Crippen LogP contribution in [0.4, 0.5) is 5.69 Å². The molecule has 0 spiro atoms. The molecule has 1 aromatic carbocycles. The molecule has 1 aliphatic heterocycles. The Morgan fingerprint density at radius 2 is 2.38 bits per heavy atom. The fourth-order valence-electron chi connectivity index (χ4n) is 1.87. The maximum absolute atomic E-state index is 5.74. The Balaban J connectivity index is 2.13. The molecule has 1 unspecified atom stereocenters. The summed E-state index contributed by atoms with van der Waals surface area (Å²) in [5, 5.41) is 0.578. The molecule has 0 bridgehead atoms. The molecular formula is C12H17BrN2S. The van der Waals surface area contributed by atoms with Crippen LogP contribution in [0.25, 0.3) is 0 Å². The van der Waals surface area contributed by atoms with Crippen molar-refractivity contribution in [1.29, 1.82) is 0 Å². The van der Waals surface area contributed by atoms with Crippen molar-refractivity contribution in [3.05, 3.63) is 28.2 Å². The minimum atomic E-state index is 0.578. The first-order valence-electron chi connectivity index (χ1n) is 5.53. The fourth-order valence-corrected chi connectivity index (χ4v) is 3.32. The highest BCUT2D eigenvalue weighted by Gasteiger charge is 2.19. The molecule has 1 saturated heterocycles. The van der Waals surface area contributed by atoms with E-state index < -0.39 is 0 Å². The zero-order valence-electron chi connectivity index (χ0n) is 9.45. The number of nitrogens with zero attached hydrogens (tertiary/aromatic N) is 1. The van der Waals surface area contributed by atoms with Crippen molar-refractivity contribution in [3.8, 4) is 0 Å². The van der Waals surface area contributed by atoms with E-state index in [1.807, 2.05) is 11.8 Å². The monoisotopic (exact) mass is 300 g/mol. The Morgan fingerprint density at radius 3 is 3.06 bits per heavy atom. The summed E-state index contributed by atoms with van der Waals surface area (Å²) in [6.45, 7) is 5.07. The van der Waals surface area contributed by atoms with Crippen LogP contribution in [0.3, 0.4) is 0 Å². The fraction of sp³-hybridized carbons (Fsp3) is 0.500. The van der Waals surface area contributed by atoms with Gasteiger partial charge in [0, 0.05) is 40.8 Å². The Labute approximate surface area is 110 Å². The number of anilines is 1. The van der Waals surface area contributed by atoms with Gasteiger partial charge in [-0.15, -0.1) is 0 Å². The van der Waals surface area contributed by atoms with Crippen molar-refractivity contribution in [2.24, 2.45) is 5.73 Å². The third-order valence-corrected chi connectivity index (χ3v) is 5.01. The van der Waals surface area contributed by atoms with Gasteiger partial charge in [0.15, 0.2) is 0 Å². The Hall–Kier alpha value is -0.190. The molecule has 16 heavy (non-hydrogen) atoms. The molecule has 1 fully saturated rings. The van der Waals surface area contributed by atoms with Gasteiger partial charge in [0.25, 0.3) is 0 Å². The SMILES string of the molecule is Cc1ccc(N2CCSC(CN)C2)cc1Br. The lowest BCUT2D eigenvalue weighted by molar-refractivity contribution is 0.748. The first-order chi connectivity index (χ1) is 7.70. The standard InChI is InChI=1S/C12H17BrN2S/c1-9-2-3-10(6-12(9)13)15-4-5-16-11(7-14)8-15/h2-3,6,11H,4-5,7-8,14H2,1H3. The van der Waals surface area contributed by atoms with Gasteiger partial charge in [-0.3, -0.25) is 0 Å². The second-order valence-electron chi connectivity index (χ2n) is 4.11. The molecule has 1 heterocycles. The second kappa shape index (κ2) is 5.43. The van der Waals surface area contributed by atoms with E-state index >= 15 is 0 Å². The maximum atomic E-state index is 5.74. The first-order valence-corrected chi connectivity index (χ1v) is 7.37. The lowest BCUT2D eigenvalue weighted by atomic mass is 10.2. The number of rotatable bonds is 2. The van der Waals surface area contributed by atoms with Gasteiger partial charge in [-0.25, -0.2) is 0 Å². The quantitative estimate of drug-likeness (QED) is 0.910. The largest absolute Gasteiger partial charge is 0.370 e. The summed E-state index contributed by atoms with van der Waals surface area (Å²) in [5.74, 6) is 1.17. The molecule has 0 aliphatic carbocycles. The molecule has 88 valence electrons. The van der Waals surface area contributed by atoms with Gasteiger partial charge in [0.05, 0.1) is 0 Å². The highest BCUT2D eigenvalue weighted by molar-refractivity contribution is 9.10. The molecule has 0 radical (unpaired) electrons. The van der Waals surface area contributed by atoms with Gasteiger partial charge in [-0.05, 0) is 24.6 Å². The molecule has 2 nitrogen and oxygen atoms in total. The van der Waals surface area contributed by atoms with E-state index in [0.717, 1.165) is 19.6 Å². The van der Waals surface area contributed by atoms with Crippen LogP contribution in [0.15, 0.2) is 22.7 Å². The summed E-state index contributed by atoms with van der Waals surface area (Å²) in [4.78, 5) is 2.43. The lowest BCUT2D eigenvalue weighted by Crippen LogP contribution is -2.41. The van der Waals surface area contributed by atoms with Crippen LogP contribution >= 0.6 is 27.7 Å². The van der Waals surface area contributed by atoms with Crippen molar-refractivity contribution in [2.45, 2.75) is 12.2 Å². The van der Waals surface area contributed by atoms with Gasteiger partial charge in [-0.2, -0.15) is 11.8 Å². The molecule has 0 amide bonds. The molecular weight excluding hydrogens is 284 g/mol. The van der Waals surface area contributed by atoms with Crippen LogP contribution < -0.4 is 10.6 Å². The van der Waals surface area contributed by atoms with Crippen LogP contribution in [-0.4, -0.2) is 30.6 Å². The number of aryl methyl sites for hydroxylation is 1. The smallest absolute Gasteiger partial charge is 0.0378 e. The Kier molecular flexibility index (Phi) is 4.16. The van der Waals surface area contributed by atoms with E-state index in [9.17, 15) is 0 Å². The van der Waals surface area contributed by atoms with E-state index in [0.29, 0.717) is 5.25 Å². The average molecular weight is 301 g/mol. The summed E-state index contributed by atoms with van der Waals surface area (Å²) >= 11 is 5.58. The molecule has 2 N–H and O–H groups in total. The number of nitrogens with two attached hydrogens (primary N) is 1. The van der Waals surface area contributed by atoms with Gasteiger partial charge in [-0.1, -0.05) is 22.0 Å². The summed E-state index contributed by atoms with van der Waals surface area (Å²) in [6, 6.07) is 6.57. The molecule has 0 aromatic heterocycles. The predicted molar refractivity (Wildman–Crippen MR) is 76.4 cm³/mol. The summed E-state index contributed by atoms with van der Waals surface area (Å²) < 4.78 is 1.19. The summed E-state index contributed by atoms with van der Waals surface area (Å²) in [7, 11) is 0. The van der Waals surface area contributed by atoms with E-state index in [1.165, 1.54) is 21.5 Å².